The second-order valence-electron chi connectivity index (χ2n) is 6.99. The summed E-state index contributed by atoms with van der Waals surface area (Å²) in [5.41, 5.74) is 0.633. The van der Waals surface area contributed by atoms with Crippen molar-refractivity contribution < 1.29 is 19.1 Å². The second kappa shape index (κ2) is 7.35. The van der Waals surface area contributed by atoms with Gasteiger partial charge in [-0.2, -0.15) is 0 Å². The first-order valence-electron chi connectivity index (χ1n) is 9.03. The number of hydrogen-bond acceptors (Lipinski definition) is 4. The number of rotatable bonds is 4. The number of amides is 3. The van der Waals surface area contributed by atoms with E-state index in [0.717, 1.165) is 32.4 Å². The number of hydrogen-bond donors (Lipinski definition) is 1. The van der Waals surface area contributed by atoms with Crippen molar-refractivity contribution in [1.82, 2.24) is 9.80 Å². The molecule has 7 heteroatoms. The molecule has 1 aromatic carbocycles. The summed E-state index contributed by atoms with van der Waals surface area (Å²) in [4.78, 5) is 40.3. The van der Waals surface area contributed by atoms with E-state index in [1.807, 2.05) is 4.90 Å². The van der Waals surface area contributed by atoms with E-state index in [4.69, 9.17) is 0 Å². The topological polar surface area (TPSA) is 78.9 Å². The first kappa shape index (κ1) is 18.2. The van der Waals surface area contributed by atoms with Gasteiger partial charge in [-0.25, -0.2) is 9.59 Å². The fourth-order valence-electron chi connectivity index (χ4n) is 3.81. The van der Waals surface area contributed by atoms with Gasteiger partial charge in [-0.15, -0.1) is 0 Å². The third kappa shape index (κ3) is 3.38. The summed E-state index contributed by atoms with van der Waals surface area (Å²) in [6, 6.07) is 6.33. The smallest absolute Gasteiger partial charge is 0.337 e. The summed E-state index contributed by atoms with van der Waals surface area (Å²) >= 11 is 0. The maximum Gasteiger partial charge on any atom is 0.337 e. The number of esters is 1. The standard InChI is InChI=1S/C19H25N3O4/c1-3-10-21-11-8-19(17(21)24)9-12-22(13-19)18(25)20-15-6-4-14(5-7-15)16(23)26-2/h4-7H,3,8-13H2,1-2H3,(H,20,25). The Morgan fingerprint density at radius 3 is 2.54 bits per heavy atom. The molecule has 0 aliphatic carbocycles. The van der Waals surface area contributed by atoms with Crippen LogP contribution in [0, 0.1) is 5.41 Å². The van der Waals surface area contributed by atoms with E-state index >= 15 is 0 Å². The van der Waals surface area contributed by atoms with Crippen molar-refractivity contribution >= 4 is 23.6 Å². The van der Waals surface area contributed by atoms with Gasteiger partial charge in [0.2, 0.25) is 5.91 Å². The highest BCUT2D eigenvalue weighted by Crippen LogP contribution is 2.40. The molecule has 7 nitrogen and oxygen atoms in total. The Labute approximate surface area is 153 Å². The number of nitrogens with zero attached hydrogens (tertiary/aromatic N) is 2. The van der Waals surface area contributed by atoms with Gasteiger partial charge in [-0.05, 0) is 43.5 Å². The van der Waals surface area contributed by atoms with Gasteiger partial charge in [0, 0.05) is 31.9 Å². The van der Waals surface area contributed by atoms with Crippen LogP contribution in [0.2, 0.25) is 0 Å². The van der Waals surface area contributed by atoms with Crippen LogP contribution in [-0.4, -0.2) is 61.0 Å². The van der Waals surface area contributed by atoms with Crippen LogP contribution in [0.1, 0.15) is 36.5 Å². The molecule has 0 bridgehead atoms. The number of likely N-dealkylation sites (tertiary alicyclic amines) is 2. The first-order chi connectivity index (χ1) is 12.5. The Morgan fingerprint density at radius 2 is 1.88 bits per heavy atom. The Balaban J connectivity index is 1.60. The maximum absolute atomic E-state index is 12.7. The molecule has 140 valence electrons. The van der Waals surface area contributed by atoms with Crippen LogP contribution >= 0.6 is 0 Å². The van der Waals surface area contributed by atoms with Gasteiger partial charge < -0.3 is 19.9 Å². The lowest BCUT2D eigenvalue weighted by Crippen LogP contribution is -2.39. The fourth-order valence-corrected chi connectivity index (χ4v) is 3.81. The molecule has 3 rings (SSSR count). The molecule has 0 saturated carbocycles. The average Bonchev–Trinajstić information content (AvgIpc) is 3.22. The number of methoxy groups -OCH3 is 1. The van der Waals surface area contributed by atoms with Crippen molar-refractivity contribution in [1.29, 1.82) is 0 Å². The average molecular weight is 359 g/mol. The molecular weight excluding hydrogens is 334 g/mol. The van der Waals surface area contributed by atoms with E-state index < -0.39 is 11.4 Å². The van der Waals surface area contributed by atoms with Crippen LogP contribution in [0.15, 0.2) is 24.3 Å². The molecule has 1 aromatic rings. The quantitative estimate of drug-likeness (QED) is 0.837. The normalized spacial score (nSPS) is 22.2. The summed E-state index contributed by atoms with van der Waals surface area (Å²) in [6.07, 6.45) is 2.50. The summed E-state index contributed by atoms with van der Waals surface area (Å²) in [7, 11) is 1.33. The highest BCUT2D eigenvalue weighted by molar-refractivity contribution is 5.93. The van der Waals surface area contributed by atoms with Gasteiger partial charge in [0.15, 0.2) is 0 Å². The minimum absolute atomic E-state index is 0.192. The first-order valence-corrected chi connectivity index (χ1v) is 9.03. The molecule has 2 saturated heterocycles. The highest BCUT2D eigenvalue weighted by Gasteiger charge is 2.51. The lowest BCUT2D eigenvalue weighted by molar-refractivity contribution is -0.135. The van der Waals surface area contributed by atoms with Gasteiger partial charge in [-0.3, -0.25) is 4.79 Å². The second-order valence-corrected chi connectivity index (χ2v) is 6.99. The zero-order chi connectivity index (χ0) is 18.7. The molecule has 26 heavy (non-hydrogen) atoms. The molecule has 1 atom stereocenters. The van der Waals surface area contributed by atoms with Gasteiger partial charge in [0.1, 0.15) is 0 Å². The van der Waals surface area contributed by atoms with Crippen molar-refractivity contribution in [2.75, 3.05) is 38.6 Å². The van der Waals surface area contributed by atoms with Crippen LogP contribution < -0.4 is 5.32 Å². The van der Waals surface area contributed by atoms with E-state index in [-0.39, 0.29) is 11.9 Å². The number of ether oxygens (including phenoxy) is 1. The largest absolute Gasteiger partial charge is 0.465 e. The van der Waals surface area contributed by atoms with Gasteiger partial charge in [0.05, 0.1) is 18.1 Å². The minimum atomic E-state index is -0.416. The summed E-state index contributed by atoms with van der Waals surface area (Å²) in [5.74, 6) is -0.224. The molecule has 1 unspecified atom stereocenters. The molecule has 2 aliphatic heterocycles. The van der Waals surface area contributed by atoms with Crippen LogP contribution in [0.3, 0.4) is 0 Å². The maximum atomic E-state index is 12.7. The Morgan fingerprint density at radius 1 is 1.19 bits per heavy atom. The zero-order valence-corrected chi connectivity index (χ0v) is 15.3. The molecule has 0 radical (unpaired) electrons. The lowest BCUT2D eigenvalue weighted by Gasteiger charge is -2.23. The Hall–Kier alpha value is -2.57. The number of urea groups is 1. The molecule has 2 heterocycles. The highest BCUT2D eigenvalue weighted by atomic mass is 16.5. The van der Waals surface area contributed by atoms with Crippen molar-refractivity contribution in [3.63, 3.8) is 0 Å². The van der Waals surface area contributed by atoms with Gasteiger partial charge in [-0.1, -0.05) is 6.92 Å². The SMILES string of the molecule is CCCN1CCC2(CCN(C(=O)Nc3ccc(C(=O)OC)cc3)C2)C1=O. The number of carbonyl (C=O) groups excluding carboxylic acids is 3. The molecule has 0 aromatic heterocycles. The fraction of sp³-hybridized carbons (Fsp3) is 0.526. The van der Waals surface area contributed by atoms with Crippen molar-refractivity contribution in [3.05, 3.63) is 29.8 Å². The monoisotopic (exact) mass is 359 g/mol. The molecule has 1 N–H and O–H groups in total. The molecule has 2 aliphatic rings. The lowest BCUT2D eigenvalue weighted by atomic mass is 9.85. The molecular formula is C19H25N3O4. The summed E-state index contributed by atoms with van der Waals surface area (Å²) in [6.45, 7) is 4.70. The molecule has 2 fully saturated rings. The molecule has 3 amide bonds. The number of anilines is 1. The van der Waals surface area contributed by atoms with E-state index in [1.165, 1.54) is 7.11 Å². The van der Waals surface area contributed by atoms with Crippen LogP contribution in [0.5, 0.6) is 0 Å². The molecule has 1 spiro atoms. The van der Waals surface area contributed by atoms with Crippen molar-refractivity contribution in [2.45, 2.75) is 26.2 Å². The van der Waals surface area contributed by atoms with Gasteiger partial charge in [0.25, 0.3) is 0 Å². The van der Waals surface area contributed by atoms with E-state index in [2.05, 4.69) is 17.0 Å². The van der Waals surface area contributed by atoms with Gasteiger partial charge >= 0.3 is 12.0 Å². The zero-order valence-electron chi connectivity index (χ0n) is 15.3. The van der Waals surface area contributed by atoms with Crippen LogP contribution in [0.25, 0.3) is 0 Å². The predicted molar refractivity (Wildman–Crippen MR) is 96.9 cm³/mol. The Bertz CT molecular complexity index is 703. The number of benzene rings is 1. The van der Waals surface area contributed by atoms with E-state index in [9.17, 15) is 14.4 Å². The van der Waals surface area contributed by atoms with Crippen LogP contribution in [0.4, 0.5) is 10.5 Å². The third-order valence-electron chi connectivity index (χ3n) is 5.29. The third-order valence-corrected chi connectivity index (χ3v) is 5.29. The number of nitrogens with one attached hydrogen (secondary N) is 1. The minimum Gasteiger partial charge on any atom is -0.465 e. The van der Waals surface area contributed by atoms with Crippen molar-refractivity contribution in [2.24, 2.45) is 5.41 Å². The Kier molecular flexibility index (Phi) is 5.15. The van der Waals surface area contributed by atoms with Crippen molar-refractivity contribution in [3.8, 4) is 0 Å². The van der Waals surface area contributed by atoms with E-state index in [1.54, 1.807) is 29.2 Å². The number of carbonyl (C=O) groups is 3. The van der Waals surface area contributed by atoms with E-state index in [0.29, 0.717) is 24.3 Å². The summed E-state index contributed by atoms with van der Waals surface area (Å²) < 4.78 is 4.66. The van der Waals surface area contributed by atoms with Crippen LogP contribution in [-0.2, 0) is 9.53 Å². The predicted octanol–water partition coefficient (Wildman–Crippen LogP) is 2.34. The summed E-state index contributed by atoms with van der Waals surface area (Å²) in [5, 5.41) is 2.84.